The maximum Gasteiger partial charge on any atom is 0.351 e. The molecule has 4 rings (SSSR count). The van der Waals surface area contributed by atoms with E-state index in [4.69, 9.17) is 14.6 Å². The number of hydrogen-bond acceptors (Lipinski definition) is 8. The van der Waals surface area contributed by atoms with E-state index in [-0.39, 0.29) is 22.4 Å². The Hall–Kier alpha value is -3.00. The molecule has 1 aliphatic rings. The highest BCUT2D eigenvalue weighted by atomic mass is 79.9. The molecule has 3 aromatic rings. The molecule has 0 unspecified atom stereocenters. The van der Waals surface area contributed by atoms with Crippen LogP contribution in [0.3, 0.4) is 0 Å². The third kappa shape index (κ3) is 6.78. The fourth-order valence-electron chi connectivity index (χ4n) is 4.40. The number of ether oxygens (including phenoxy) is 2. The number of esters is 1. The number of benzene rings is 2. The molecule has 0 amide bonds. The third-order valence-electron chi connectivity index (χ3n) is 6.06. The number of sulfonamides is 1. The van der Waals surface area contributed by atoms with Gasteiger partial charge in [0.15, 0.2) is 17.2 Å². The van der Waals surface area contributed by atoms with Gasteiger partial charge in [-0.1, -0.05) is 24.3 Å². The van der Waals surface area contributed by atoms with Crippen LogP contribution in [0.1, 0.15) is 28.1 Å². The second-order valence-electron chi connectivity index (χ2n) is 8.79. The molecule has 1 aromatic heterocycles. The Bertz CT molecular complexity index is 1470. The van der Waals surface area contributed by atoms with Crippen molar-refractivity contribution in [1.29, 1.82) is 0 Å². The van der Waals surface area contributed by atoms with Crippen molar-refractivity contribution >= 4 is 54.9 Å². The number of methoxy groups -OCH3 is 1. The van der Waals surface area contributed by atoms with Gasteiger partial charge in [0.1, 0.15) is 5.82 Å². The van der Waals surface area contributed by atoms with E-state index in [1.807, 2.05) is 0 Å². The summed E-state index contributed by atoms with van der Waals surface area (Å²) >= 11 is 4.46. The first-order valence-electron chi connectivity index (χ1n) is 11.9. The summed E-state index contributed by atoms with van der Waals surface area (Å²) in [4.78, 5) is 24.1. The molecular formula is C26H26BrFN2O7S2. The highest BCUT2D eigenvalue weighted by molar-refractivity contribution is 9.10. The molecule has 0 radical (unpaired) electrons. The molecule has 13 heteroatoms. The first-order valence-corrected chi connectivity index (χ1v) is 15.2. The third-order valence-corrected chi connectivity index (χ3v) is 10.1. The molecule has 2 heterocycles. The summed E-state index contributed by atoms with van der Waals surface area (Å²) in [6.45, 7) is 0.639. The number of halogens is 2. The second kappa shape index (κ2) is 12.5. The number of thiophene rings is 1. The first-order chi connectivity index (χ1) is 18.6. The molecule has 2 N–H and O–H groups in total. The van der Waals surface area contributed by atoms with Crippen molar-refractivity contribution in [3.05, 3.63) is 69.3 Å². The van der Waals surface area contributed by atoms with Crippen LogP contribution in [0.2, 0.25) is 0 Å². The van der Waals surface area contributed by atoms with Gasteiger partial charge in [0, 0.05) is 6.04 Å². The monoisotopic (exact) mass is 640 g/mol. The highest BCUT2D eigenvalue weighted by Crippen LogP contribution is 2.46. The lowest BCUT2D eigenvalue weighted by atomic mass is 10.1. The number of carbonyl (C=O) groups excluding carboxylic acids is 1. The summed E-state index contributed by atoms with van der Waals surface area (Å²) < 4.78 is 53.4. The van der Waals surface area contributed by atoms with E-state index in [0.29, 0.717) is 52.1 Å². The normalized spacial score (nSPS) is 14.1. The Kier molecular flexibility index (Phi) is 9.26. The van der Waals surface area contributed by atoms with Crippen LogP contribution >= 0.6 is 27.3 Å². The summed E-state index contributed by atoms with van der Waals surface area (Å²) in [5.74, 6) is -2.76. The molecule has 1 aliphatic heterocycles. The van der Waals surface area contributed by atoms with Gasteiger partial charge in [0.25, 0.3) is 0 Å². The van der Waals surface area contributed by atoms with Crippen molar-refractivity contribution in [2.45, 2.75) is 24.6 Å². The smallest absolute Gasteiger partial charge is 0.351 e. The number of nitrogens with one attached hydrogen (secondary N) is 1. The van der Waals surface area contributed by atoms with Gasteiger partial charge in [-0.3, -0.25) is 4.31 Å². The largest absolute Gasteiger partial charge is 0.479 e. The number of rotatable bonds is 10. The molecule has 39 heavy (non-hydrogen) atoms. The summed E-state index contributed by atoms with van der Waals surface area (Å²) in [6.07, 6.45) is 1.18. The Labute approximate surface area is 237 Å². The molecule has 0 saturated carbocycles. The lowest BCUT2D eigenvalue weighted by Crippen LogP contribution is -2.46. The molecule has 1 fully saturated rings. The molecule has 9 nitrogen and oxygen atoms in total. The van der Waals surface area contributed by atoms with E-state index < -0.39 is 34.4 Å². The predicted octanol–water partition coefficient (Wildman–Crippen LogP) is 4.66. The molecule has 208 valence electrons. The topological polar surface area (TPSA) is 122 Å². The van der Waals surface area contributed by atoms with Gasteiger partial charge in [-0.15, -0.1) is 11.3 Å². The maximum absolute atomic E-state index is 13.8. The number of nitrogens with zero attached hydrogens (tertiary/aromatic N) is 1. The van der Waals surface area contributed by atoms with Gasteiger partial charge in [-0.2, -0.15) is 0 Å². The van der Waals surface area contributed by atoms with Gasteiger partial charge < -0.3 is 19.9 Å². The zero-order chi connectivity index (χ0) is 28.2. The lowest BCUT2D eigenvalue weighted by molar-refractivity contribution is -0.139. The van der Waals surface area contributed by atoms with E-state index in [1.54, 1.807) is 30.3 Å². The summed E-state index contributed by atoms with van der Waals surface area (Å²) in [5, 5.41) is 12.3. The Morgan fingerprint density at radius 1 is 1.18 bits per heavy atom. The van der Waals surface area contributed by atoms with Gasteiger partial charge >= 0.3 is 11.9 Å². The van der Waals surface area contributed by atoms with Crippen molar-refractivity contribution in [3.8, 4) is 16.2 Å². The molecule has 0 atom stereocenters. The van der Waals surface area contributed by atoms with Gasteiger partial charge in [0.05, 0.1) is 27.9 Å². The quantitative estimate of drug-likeness (QED) is 0.307. The molecule has 0 bridgehead atoms. The van der Waals surface area contributed by atoms with Crippen molar-refractivity contribution in [2.75, 3.05) is 31.1 Å². The SMILES string of the molecule is COC(=O)c1sc(-c2cccc(N(C3CCNCC3)S(=O)(=O)Cc3cccc(F)c3)c2)c(Br)c1OCC(=O)O. The Morgan fingerprint density at radius 3 is 2.56 bits per heavy atom. The first kappa shape index (κ1) is 29.0. The summed E-state index contributed by atoms with van der Waals surface area (Å²) in [7, 11) is -2.72. The minimum Gasteiger partial charge on any atom is -0.479 e. The van der Waals surface area contributed by atoms with Crippen LogP contribution in [-0.4, -0.2) is 58.3 Å². The van der Waals surface area contributed by atoms with Crippen LogP contribution in [0.5, 0.6) is 5.75 Å². The van der Waals surface area contributed by atoms with Gasteiger partial charge in [0.2, 0.25) is 10.0 Å². The zero-order valence-electron chi connectivity index (χ0n) is 20.9. The maximum atomic E-state index is 13.8. The van der Waals surface area contributed by atoms with Gasteiger partial charge in [-0.25, -0.2) is 22.4 Å². The van der Waals surface area contributed by atoms with E-state index in [2.05, 4.69) is 21.2 Å². The lowest BCUT2D eigenvalue weighted by Gasteiger charge is -2.35. The number of carbonyl (C=O) groups is 2. The fourth-order valence-corrected chi connectivity index (χ4v) is 8.21. The van der Waals surface area contributed by atoms with Crippen LogP contribution in [0.25, 0.3) is 10.4 Å². The molecule has 0 aliphatic carbocycles. The van der Waals surface area contributed by atoms with Crippen LogP contribution in [0.4, 0.5) is 10.1 Å². The fraction of sp³-hybridized carbons (Fsp3) is 0.308. The second-order valence-corrected chi connectivity index (χ2v) is 12.5. The average Bonchev–Trinajstić information content (AvgIpc) is 3.23. The van der Waals surface area contributed by atoms with E-state index >= 15 is 0 Å². The van der Waals surface area contributed by atoms with Crippen LogP contribution in [-0.2, 0) is 25.3 Å². The Morgan fingerprint density at radius 2 is 1.90 bits per heavy atom. The Balaban J connectivity index is 1.77. The van der Waals surface area contributed by atoms with E-state index in [0.717, 1.165) is 11.3 Å². The number of carboxylic acid groups (broad SMARTS) is 1. The zero-order valence-corrected chi connectivity index (χ0v) is 24.1. The number of aliphatic carboxylic acids is 1. The molecule has 1 saturated heterocycles. The number of hydrogen-bond donors (Lipinski definition) is 2. The standard InChI is InChI=1S/C26H26BrFN2O7S2/c1-36-26(33)25-23(37-14-21(31)32)22(27)24(38-25)17-5-3-7-20(13-17)30(19-8-10-29-11-9-19)39(34,35)15-16-4-2-6-18(28)12-16/h2-7,12-13,19,29H,8-11,14-15H2,1H3,(H,31,32). The molecular weight excluding hydrogens is 615 g/mol. The van der Waals surface area contributed by atoms with Crippen LogP contribution in [0.15, 0.2) is 53.0 Å². The predicted molar refractivity (Wildman–Crippen MR) is 149 cm³/mol. The van der Waals surface area contributed by atoms with Gasteiger partial charge in [-0.05, 0) is 77.3 Å². The molecule has 2 aromatic carbocycles. The highest BCUT2D eigenvalue weighted by Gasteiger charge is 2.32. The van der Waals surface area contributed by atoms with Crippen LogP contribution < -0.4 is 14.4 Å². The average molecular weight is 642 g/mol. The van der Waals surface area contributed by atoms with Crippen molar-refractivity contribution in [2.24, 2.45) is 0 Å². The van der Waals surface area contributed by atoms with E-state index in [1.165, 1.54) is 29.6 Å². The van der Waals surface area contributed by atoms with Crippen LogP contribution in [0, 0.1) is 5.82 Å². The molecule has 0 spiro atoms. The summed E-state index contributed by atoms with van der Waals surface area (Å²) in [6, 6.07) is 12.1. The summed E-state index contributed by atoms with van der Waals surface area (Å²) in [5.41, 5.74) is 1.34. The van der Waals surface area contributed by atoms with Crippen molar-refractivity contribution in [3.63, 3.8) is 0 Å². The van der Waals surface area contributed by atoms with E-state index in [9.17, 15) is 22.4 Å². The number of carboxylic acids is 1. The minimum atomic E-state index is -3.93. The minimum absolute atomic E-state index is 0.0311. The number of piperidine rings is 1. The van der Waals surface area contributed by atoms with Crippen molar-refractivity contribution in [1.82, 2.24) is 5.32 Å². The van der Waals surface area contributed by atoms with Crippen molar-refractivity contribution < 1.29 is 37.0 Å². The number of anilines is 1.